The summed E-state index contributed by atoms with van der Waals surface area (Å²) >= 11 is 0. The standard InChI is InChI=1S/C22H24F2N4O2/c23-15-2-4-17-18(22(29)27-21(17)12-15)14-26-16-3-5-20(19(24)13-16)25-6-1-7-28-8-10-30-11-9-28/h2-5,12-14,18,25H,1,6-11H2,(H,27,29). The lowest BCUT2D eigenvalue weighted by Gasteiger charge is -2.26. The Labute approximate surface area is 173 Å². The summed E-state index contributed by atoms with van der Waals surface area (Å²) in [4.78, 5) is 18.7. The summed E-state index contributed by atoms with van der Waals surface area (Å²) in [6.07, 6.45) is 2.37. The fraction of sp³-hybridized carbons (Fsp3) is 0.364. The van der Waals surface area contributed by atoms with Crippen LogP contribution in [0.4, 0.5) is 25.8 Å². The number of ether oxygens (including phenoxy) is 1. The Morgan fingerprint density at radius 2 is 2.03 bits per heavy atom. The number of anilines is 2. The second kappa shape index (κ2) is 9.32. The lowest BCUT2D eigenvalue weighted by atomic mass is 10.0. The maximum atomic E-state index is 14.4. The van der Waals surface area contributed by atoms with E-state index in [0.29, 0.717) is 29.2 Å². The molecule has 4 rings (SSSR count). The van der Waals surface area contributed by atoms with Crippen molar-refractivity contribution >= 4 is 29.2 Å². The maximum absolute atomic E-state index is 14.4. The fourth-order valence-electron chi connectivity index (χ4n) is 3.65. The van der Waals surface area contributed by atoms with Gasteiger partial charge in [0.2, 0.25) is 5.91 Å². The lowest BCUT2D eigenvalue weighted by Crippen LogP contribution is -2.37. The minimum absolute atomic E-state index is 0.279. The fourth-order valence-corrected chi connectivity index (χ4v) is 3.65. The first-order valence-corrected chi connectivity index (χ1v) is 10.1. The predicted molar refractivity (Wildman–Crippen MR) is 113 cm³/mol. The van der Waals surface area contributed by atoms with E-state index >= 15 is 0 Å². The third-order valence-electron chi connectivity index (χ3n) is 5.29. The number of amides is 1. The van der Waals surface area contributed by atoms with E-state index < -0.39 is 17.6 Å². The Kier molecular flexibility index (Phi) is 6.35. The molecular weight excluding hydrogens is 390 g/mol. The minimum atomic E-state index is -0.623. The average molecular weight is 414 g/mol. The lowest BCUT2D eigenvalue weighted by molar-refractivity contribution is -0.115. The summed E-state index contributed by atoms with van der Waals surface area (Å²) in [6, 6.07) is 8.82. The first kappa shape index (κ1) is 20.4. The van der Waals surface area contributed by atoms with Gasteiger partial charge < -0.3 is 15.4 Å². The summed E-state index contributed by atoms with van der Waals surface area (Å²) in [5.74, 6) is -1.71. The molecule has 1 unspecified atom stereocenters. The van der Waals surface area contributed by atoms with Gasteiger partial charge in [-0.15, -0.1) is 0 Å². The smallest absolute Gasteiger partial charge is 0.237 e. The molecule has 2 aromatic rings. The number of hydrogen-bond donors (Lipinski definition) is 2. The summed E-state index contributed by atoms with van der Waals surface area (Å²) in [5, 5.41) is 5.75. The highest BCUT2D eigenvalue weighted by Crippen LogP contribution is 2.32. The van der Waals surface area contributed by atoms with Crippen molar-refractivity contribution in [3.8, 4) is 0 Å². The van der Waals surface area contributed by atoms with E-state index in [2.05, 4.69) is 20.5 Å². The molecule has 1 fully saturated rings. The van der Waals surface area contributed by atoms with Crippen molar-refractivity contribution in [2.75, 3.05) is 50.0 Å². The van der Waals surface area contributed by atoms with Gasteiger partial charge in [0, 0.05) is 37.6 Å². The van der Waals surface area contributed by atoms with Gasteiger partial charge in [-0.1, -0.05) is 6.07 Å². The van der Waals surface area contributed by atoms with Crippen molar-refractivity contribution < 1.29 is 18.3 Å². The molecule has 0 aliphatic carbocycles. The van der Waals surface area contributed by atoms with Gasteiger partial charge in [-0.25, -0.2) is 8.78 Å². The van der Waals surface area contributed by atoms with Crippen LogP contribution in [0.3, 0.4) is 0 Å². The molecule has 1 saturated heterocycles. The SMILES string of the molecule is O=C1Nc2cc(F)ccc2C1C=Nc1ccc(NCCCN2CCOCC2)c(F)c1. The molecule has 8 heteroatoms. The van der Waals surface area contributed by atoms with E-state index in [1.54, 1.807) is 18.2 Å². The van der Waals surface area contributed by atoms with E-state index in [4.69, 9.17) is 4.74 Å². The number of rotatable bonds is 7. The molecule has 0 aromatic heterocycles. The van der Waals surface area contributed by atoms with Crippen LogP contribution in [0.1, 0.15) is 17.9 Å². The third kappa shape index (κ3) is 4.83. The van der Waals surface area contributed by atoms with Crippen LogP contribution >= 0.6 is 0 Å². The molecule has 1 amide bonds. The number of fused-ring (bicyclic) bond motifs is 1. The molecule has 158 valence electrons. The minimum Gasteiger partial charge on any atom is -0.383 e. The first-order valence-electron chi connectivity index (χ1n) is 10.1. The zero-order valence-corrected chi connectivity index (χ0v) is 16.5. The van der Waals surface area contributed by atoms with Crippen molar-refractivity contribution in [1.82, 2.24) is 4.90 Å². The number of carbonyl (C=O) groups is 1. The number of halogens is 2. The van der Waals surface area contributed by atoms with E-state index in [9.17, 15) is 13.6 Å². The molecule has 0 bridgehead atoms. The number of hydrogen-bond acceptors (Lipinski definition) is 5. The molecule has 2 heterocycles. The van der Waals surface area contributed by atoms with E-state index in [1.165, 1.54) is 24.4 Å². The molecule has 0 radical (unpaired) electrons. The van der Waals surface area contributed by atoms with Crippen LogP contribution in [0.2, 0.25) is 0 Å². The van der Waals surface area contributed by atoms with Crippen LogP contribution in [0.15, 0.2) is 41.4 Å². The number of carbonyl (C=O) groups excluding carboxylic acids is 1. The highest BCUT2D eigenvalue weighted by atomic mass is 19.1. The molecule has 2 N–H and O–H groups in total. The molecule has 1 atom stereocenters. The van der Waals surface area contributed by atoms with Crippen molar-refractivity contribution in [2.24, 2.45) is 4.99 Å². The van der Waals surface area contributed by atoms with Crippen LogP contribution in [0.25, 0.3) is 0 Å². The monoisotopic (exact) mass is 414 g/mol. The summed E-state index contributed by atoms with van der Waals surface area (Å²) in [6.45, 7) is 5.06. The van der Waals surface area contributed by atoms with E-state index in [-0.39, 0.29) is 5.91 Å². The Morgan fingerprint density at radius 1 is 1.20 bits per heavy atom. The van der Waals surface area contributed by atoms with Crippen molar-refractivity contribution in [3.05, 3.63) is 53.6 Å². The largest absolute Gasteiger partial charge is 0.383 e. The zero-order valence-electron chi connectivity index (χ0n) is 16.5. The van der Waals surface area contributed by atoms with Gasteiger partial charge in [0.1, 0.15) is 17.6 Å². The van der Waals surface area contributed by atoms with Gasteiger partial charge in [-0.3, -0.25) is 14.7 Å². The average Bonchev–Trinajstić information content (AvgIpc) is 3.05. The van der Waals surface area contributed by atoms with Crippen LogP contribution < -0.4 is 10.6 Å². The van der Waals surface area contributed by atoms with Crippen molar-refractivity contribution in [3.63, 3.8) is 0 Å². The van der Waals surface area contributed by atoms with E-state index in [1.807, 2.05) is 0 Å². The molecule has 30 heavy (non-hydrogen) atoms. The Balaban J connectivity index is 1.32. The van der Waals surface area contributed by atoms with Crippen LogP contribution in [0, 0.1) is 11.6 Å². The highest BCUT2D eigenvalue weighted by Gasteiger charge is 2.29. The molecule has 2 aliphatic rings. The Morgan fingerprint density at radius 3 is 2.83 bits per heavy atom. The highest BCUT2D eigenvalue weighted by molar-refractivity contribution is 6.12. The van der Waals surface area contributed by atoms with Gasteiger partial charge in [0.15, 0.2) is 0 Å². The summed E-state index contributed by atoms with van der Waals surface area (Å²) < 4.78 is 33.1. The molecule has 0 saturated carbocycles. The zero-order chi connectivity index (χ0) is 20.9. The summed E-state index contributed by atoms with van der Waals surface area (Å²) in [5.41, 5.74) is 1.94. The number of aliphatic imine (C=N–C) groups is 1. The van der Waals surface area contributed by atoms with Crippen LogP contribution in [0.5, 0.6) is 0 Å². The summed E-state index contributed by atoms with van der Waals surface area (Å²) in [7, 11) is 0. The van der Waals surface area contributed by atoms with Gasteiger partial charge in [-0.2, -0.15) is 0 Å². The maximum Gasteiger partial charge on any atom is 0.237 e. The molecular formula is C22H24F2N4O2. The predicted octanol–water partition coefficient (Wildman–Crippen LogP) is 3.54. The van der Waals surface area contributed by atoms with Gasteiger partial charge in [-0.05, 0) is 42.8 Å². The Bertz CT molecular complexity index is 945. The third-order valence-corrected chi connectivity index (χ3v) is 5.29. The quantitative estimate of drug-likeness (QED) is 0.537. The van der Waals surface area contributed by atoms with Crippen molar-refractivity contribution in [1.29, 1.82) is 0 Å². The number of nitrogens with one attached hydrogen (secondary N) is 2. The second-order valence-corrected chi connectivity index (χ2v) is 7.38. The number of nitrogens with zero attached hydrogens (tertiary/aromatic N) is 2. The van der Waals surface area contributed by atoms with Crippen molar-refractivity contribution in [2.45, 2.75) is 12.3 Å². The van der Waals surface area contributed by atoms with Gasteiger partial charge in [0.05, 0.1) is 24.6 Å². The van der Waals surface area contributed by atoms with Gasteiger partial charge >= 0.3 is 0 Å². The number of morpholine rings is 1. The Hall–Kier alpha value is -2.84. The first-order chi connectivity index (χ1) is 14.6. The van der Waals surface area contributed by atoms with Crippen LogP contribution in [-0.2, 0) is 9.53 Å². The molecule has 6 nitrogen and oxygen atoms in total. The van der Waals surface area contributed by atoms with Crippen LogP contribution in [-0.4, -0.2) is 56.4 Å². The normalized spacial score (nSPS) is 19.1. The topological polar surface area (TPSA) is 66.0 Å². The molecule has 2 aliphatic heterocycles. The second-order valence-electron chi connectivity index (χ2n) is 7.38. The molecule has 2 aromatic carbocycles. The molecule has 0 spiro atoms. The van der Waals surface area contributed by atoms with E-state index in [0.717, 1.165) is 39.3 Å². The number of benzene rings is 2. The van der Waals surface area contributed by atoms with Gasteiger partial charge in [0.25, 0.3) is 0 Å².